The van der Waals surface area contributed by atoms with E-state index in [2.05, 4.69) is 53.3 Å². The number of nitrogens with one attached hydrogen (secondary N) is 2. The van der Waals surface area contributed by atoms with Crippen molar-refractivity contribution in [2.75, 3.05) is 13.1 Å². The van der Waals surface area contributed by atoms with Crippen molar-refractivity contribution in [3.8, 4) is 0 Å². The van der Waals surface area contributed by atoms with E-state index in [1.807, 2.05) is 0 Å². The summed E-state index contributed by atoms with van der Waals surface area (Å²) in [6, 6.07) is 11.9. The van der Waals surface area contributed by atoms with Crippen molar-refractivity contribution < 1.29 is 9.53 Å². The Hall–Kier alpha value is -2.02. The molecule has 6 heteroatoms. The van der Waals surface area contributed by atoms with Crippen molar-refractivity contribution in [1.82, 2.24) is 15.2 Å². The summed E-state index contributed by atoms with van der Waals surface area (Å²) in [6.07, 6.45) is 2.27. The van der Waals surface area contributed by atoms with Crippen LogP contribution in [-0.4, -0.2) is 41.1 Å². The van der Waals surface area contributed by atoms with E-state index in [1.165, 1.54) is 5.56 Å². The molecule has 1 amide bonds. The molecule has 2 unspecified atom stereocenters. The van der Waals surface area contributed by atoms with Gasteiger partial charge in [-0.25, -0.2) is 0 Å². The van der Waals surface area contributed by atoms with Gasteiger partial charge in [-0.2, -0.15) is 0 Å². The number of pyridine rings is 1. The van der Waals surface area contributed by atoms with Gasteiger partial charge in [0.1, 0.15) is 4.64 Å². The first-order chi connectivity index (χ1) is 12.5. The highest BCUT2D eigenvalue weighted by molar-refractivity contribution is 7.71. The first-order valence-corrected chi connectivity index (χ1v) is 9.33. The molecule has 0 spiro atoms. The van der Waals surface area contributed by atoms with Gasteiger partial charge in [0.25, 0.3) is 5.91 Å². The Morgan fingerprint density at radius 2 is 1.85 bits per heavy atom. The van der Waals surface area contributed by atoms with E-state index in [4.69, 9.17) is 17.0 Å². The summed E-state index contributed by atoms with van der Waals surface area (Å²) in [4.78, 5) is 17.5. The monoisotopic (exact) mass is 371 g/mol. The average molecular weight is 372 g/mol. The molecule has 1 fully saturated rings. The second-order valence-electron chi connectivity index (χ2n) is 6.86. The molecule has 2 heterocycles. The van der Waals surface area contributed by atoms with Crippen LogP contribution in [0.2, 0.25) is 0 Å². The zero-order chi connectivity index (χ0) is 18.5. The van der Waals surface area contributed by atoms with Crippen LogP contribution in [0.1, 0.15) is 35.3 Å². The van der Waals surface area contributed by atoms with E-state index >= 15 is 0 Å². The molecule has 2 atom stereocenters. The number of morpholine rings is 1. The van der Waals surface area contributed by atoms with Gasteiger partial charge in [-0.3, -0.25) is 9.69 Å². The second-order valence-corrected chi connectivity index (χ2v) is 7.27. The molecule has 1 saturated heterocycles. The molecule has 1 aromatic carbocycles. The molecule has 138 valence electrons. The lowest BCUT2D eigenvalue weighted by atomic mass is 10.1. The molecule has 26 heavy (non-hydrogen) atoms. The standard InChI is InChI=1S/C20H25N3O2S/c1-14-11-23(12-15(2)25-14)13-17-7-5-16(6-8-17)10-22-19(24)18-4-3-9-21-20(18)26/h3-9,14-15H,10-13H2,1-2H3,(H,21,26)(H,22,24). The Kier molecular flexibility index (Phi) is 6.19. The zero-order valence-corrected chi connectivity index (χ0v) is 16.0. The molecule has 2 N–H and O–H groups in total. The molecule has 1 aromatic heterocycles. The molecule has 0 radical (unpaired) electrons. The average Bonchev–Trinajstić information content (AvgIpc) is 2.60. The van der Waals surface area contributed by atoms with Crippen LogP contribution in [-0.2, 0) is 17.8 Å². The fourth-order valence-corrected chi connectivity index (χ4v) is 3.54. The number of carbonyl (C=O) groups is 1. The van der Waals surface area contributed by atoms with Gasteiger partial charge in [0.2, 0.25) is 0 Å². The number of aromatic nitrogens is 1. The second kappa shape index (κ2) is 8.58. The third kappa shape index (κ3) is 5.00. The van der Waals surface area contributed by atoms with Gasteiger partial charge in [-0.1, -0.05) is 36.5 Å². The van der Waals surface area contributed by atoms with E-state index < -0.39 is 0 Å². The number of carbonyl (C=O) groups excluding carboxylic acids is 1. The quantitative estimate of drug-likeness (QED) is 0.792. The minimum absolute atomic E-state index is 0.160. The molecule has 1 aliphatic heterocycles. The minimum Gasteiger partial charge on any atom is -0.373 e. The number of nitrogens with zero attached hydrogens (tertiary/aromatic N) is 1. The largest absolute Gasteiger partial charge is 0.373 e. The van der Waals surface area contributed by atoms with Gasteiger partial charge < -0.3 is 15.0 Å². The first kappa shape index (κ1) is 18.8. The lowest BCUT2D eigenvalue weighted by molar-refractivity contribution is -0.0704. The van der Waals surface area contributed by atoms with Crippen LogP contribution in [0.25, 0.3) is 0 Å². The van der Waals surface area contributed by atoms with Gasteiger partial charge >= 0.3 is 0 Å². The van der Waals surface area contributed by atoms with Crippen molar-refractivity contribution >= 4 is 18.1 Å². The number of H-pyrrole nitrogens is 1. The molecule has 2 aromatic rings. The van der Waals surface area contributed by atoms with Crippen LogP contribution in [0.4, 0.5) is 0 Å². The van der Waals surface area contributed by atoms with Gasteiger partial charge in [-0.15, -0.1) is 0 Å². The highest BCUT2D eigenvalue weighted by Crippen LogP contribution is 2.15. The smallest absolute Gasteiger partial charge is 0.254 e. The van der Waals surface area contributed by atoms with E-state index in [1.54, 1.807) is 18.3 Å². The molecule has 0 bridgehead atoms. The van der Waals surface area contributed by atoms with Crippen LogP contribution < -0.4 is 5.32 Å². The van der Waals surface area contributed by atoms with E-state index in [0.29, 0.717) is 16.7 Å². The van der Waals surface area contributed by atoms with Gasteiger partial charge in [-0.05, 0) is 37.1 Å². The lowest BCUT2D eigenvalue weighted by Gasteiger charge is -2.35. The van der Waals surface area contributed by atoms with Crippen LogP contribution >= 0.6 is 12.2 Å². The number of hydrogen-bond acceptors (Lipinski definition) is 4. The maximum absolute atomic E-state index is 12.2. The minimum atomic E-state index is -0.160. The van der Waals surface area contributed by atoms with Crippen molar-refractivity contribution in [3.63, 3.8) is 0 Å². The van der Waals surface area contributed by atoms with Crippen LogP contribution in [0, 0.1) is 4.64 Å². The van der Waals surface area contributed by atoms with E-state index in [0.717, 1.165) is 25.2 Å². The highest BCUT2D eigenvalue weighted by atomic mass is 32.1. The fourth-order valence-electron chi connectivity index (χ4n) is 3.31. The number of rotatable bonds is 5. The summed E-state index contributed by atoms with van der Waals surface area (Å²) in [7, 11) is 0. The van der Waals surface area contributed by atoms with Gasteiger partial charge in [0, 0.05) is 32.4 Å². The Morgan fingerprint density at radius 3 is 2.50 bits per heavy atom. The Labute approximate surface area is 159 Å². The number of aromatic amines is 1. The van der Waals surface area contributed by atoms with Crippen LogP contribution in [0.15, 0.2) is 42.6 Å². The first-order valence-electron chi connectivity index (χ1n) is 8.93. The molecular weight excluding hydrogens is 346 g/mol. The normalized spacial score (nSPS) is 20.7. The Morgan fingerprint density at radius 1 is 1.19 bits per heavy atom. The van der Waals surface area contributed by atoms with Crippen LogP contribution in [0.3, 0.4) is 0 Å². The van der Waals surface area contributed by atoms with E-state index in [9.17, 15) is 4.79 Å². The summed E-state index contributed by atoms with van der Waals surface area (Å²) in [5.74, 6) is -0.160. The van der Waals surface area contributed by atoms with Gasteiger partial charge in [0.05, 0.1) is 17.8 Å². The van der Waals surface area contributed by atoms with E-state index in [-0.39, 0.29) is 18.1 Å². The van der Waals surface area contributed by atoms with Crippen molar-refractivity contribution in [3.05, 3.63) is 63.9 Å². The summed E-state index contributed by atoms with van der Waals surface area (Å²) in [5, 5.41) is 2.92. The van der Waals surface area contributed by atoms with Crippen molar-refractivity contribution in [1.29, 1.82) is 0 Å². The van der Waals surface area contributed by atoms with Crippen molar-refractivity contribution in [2.45, 2.75) is 39.1 Å². The summed E-state index contributed by atoms with van der Waals surface area (Å²) < 4.78 is 6.23. The summed E-state index contributed by atoms with van der Waals surface area (Å²) >= 11 is 5.14. The van der Waals surface area contributed by atoms with Crippen LogP contribution in [0.5, 0.6) is 0 Å². The molecule has 1 aliphatic rings. The number of benzene rings is 1. The predicted octanol–water partition coefficient (Wildman–Crippen LogP) is 3.28. The SMILES string of the molecule is CC1CN(Cc2ccc(CNC(=O)c3ccc[nH]c3=S)cc2)CC(C)O1. The predicted molar refractivity (Wildman–Crippen MR) is 105 cm³/mol. The van der Waals surface area contributed by atoms with Gasteiger partial charge in [0.15, 0.2) is 0 Å². The Balaban J connectivity index is 1.54. The van der Waals surface area contributed by atoms with Crippen molar-refractivity contribution in [2.24, 2.45) is 0 Å². The fraction of sp³-hybridized carbons (Fsp3) is 0.400. The third-order valence-electron chi connectivity index (χ3n) is 4.44. The topological polar surface area (TPSA) is 57.4 Å². The number of amides is 1. The summed E-state index contributed by atoms with van der Waals surface area (Å²) in [5.41, 5.74) is 2.83. The molecule has 0 aliphatic carbocycles. The highest BCUT2D eigenvalue weighted by Gasteiger charge is 2.21. The molecular formula is C20H25N3O2S. The maximum Gasteiger partial charge on any atom is 0.254 e. The lowest BCUT2D eigenvalue weighted by Crippen LogP contribution is -2.44. The molecule has 5 nitrogen and oxygen atoms in total. The third-order valence-corrected chi connectivity index (χ3v) is 4.78. The molecule has 3 rings (SSSR count). The zero-order valence-electron chi connectivity index (χ0n) is 15.2. The molecule has 0 saturated carbocycles. The number of ether oxygens (including phenoxy) is 1. The maximum atomic E-state index is 12.2. The summed E-state index contributed by atoms with van der Waals surface area (Å²) in [6.45, 7) is 7.55. The Bertz CT molecular complexity index is 793. The number of hydrogen-bond donors (Lipinski definition) is 2.